The van der Waals surface area contributed by atoms with Crippen molar-refractivity contribution in [2.75, 3.05) is 13.2 Å². The van der Waals surface area contributed by atoms with E-state index in [4.69, 9.17) is 9.47 Å². The summed E-state index contributed by atoms with van der Waals surface area (Å²) in [5.74, 6) is 1.76. The SMILES string of the molecule is CC/C=C\C1=C(C)OCCO1. The van der Waals surface area contributed by atoms with Crippen molar-refractivity contribution in [1.82, 2.24) is 0 Å². The van der Waals surface area contributed by atoms with Crippen LogP contribution in [-0.2, 0) is 9.47 Å². The summed E-state index contributed by atoms with van der Waals surface area (Å²) in [5.41, 5.74) is 0. The van der Waals surface area contributed by atoms with Gasteiger partial charge in [-0.25, -0.2) is 0 Å². The number of rotatable bonds is 2. The first-order chi connectivity index (χ1) is 5.34. The maximum absolute atomic E-state index is 5.36. The summed E-state index contributed by atoms with van der Waals surface area (Å²) in [7, 11) is 0. The lowest BCUT2D eigenvalue weighted by molar-refractivity contribution is 0.0708. The van der Waals surface area contributed by atoms with Gasteiger partial charge in [0.05, 0.1) is 0 Å². The molecule has 1 aliphatic rings. The molecule has 0 aliphatic carbocycles. The summed E-state index contributed by atoms with van der Waals surface area (Å²) >= 11 is 0. The molecule has 0 aromatic heterocycles. The Labute approximate surface area is 67.5 Å². The van der Waals surface area contributed by atoms with Gasteiger partial charge in [-0.05, 0) is 19.4 Å². The van der Waals surface area contributed by atoms with Gasteiger partial charge in [-0.15, -0.1) is 0 Å². The first-order valence-corrected chi connectivity index (χ1v) is 3.97. The van der Waals surface area contributed by atoms with E-state index in [9.17, 15) is 0 Å². The highest BCUT2D eigenvalue weighted by molar-refractivity contribution is 5.15. The Morgan fingerprint density at radius 3 is 2.73 bits per heavy atom. The van der Waals surface area contributed by atoms with E-state index < -0.39 is 0 Å². The molecule has 2 nitrogen and oxygen atoms in total. The van der Waals surface area contributed by atoms with Crippen LogP contribution < -0.4 is 0 Å². The average Bonchev–Trinajstić information content (AvgIpc) is 2.03. The summed E-state index contributed by atoms with van der Waals surface area (Å²) in [6.45, 7) is 5.36. The smallest absolute Gasteiger partial charge is 0.156 e. The van der Waals surface area contributed by atoms with Crippen molar-refractivity contribution in [2.45, 2.75) is 20.3 Å². The molecule has 0 saturated carbocycles. The van der Waals surface area contributed by atoms with Gasteiger partial charge in [0.25, 0.3) is 0 Å². The summed E-state index contributed by atoms with van der Waals surface area (Å²) in [6.07, 6.45) is 5.06. The molecule has 0 aromatic rings. The second kappa shape index (κ2) is 4.06. The van der Waals surface area contributed by atoms with Gasteiger partial charge >= 0.3 is 0 Å². The lowest BCUT2D eigenvalue weighted by Gasteiger charge is -2.17. The highest BCUT2D eigenvalue weighted by Gasteiger charge is 2.06. The third-order valence-electron chi connectivity index (χ3n) is 1.51. The predicted octanol–water partition coefficient (Wildman–Crippen LogP) is 2.23. The molecule has 1 aliphatic heterocycles. The molecular weight excluding hydrogens is 140 g/mol. The highest BCUT2D eigenvalue weighted by atomic mass is 16.6. The molecule has 0 amide bonds. The van der Waals surface area contributed by atoms with Crippen molar-refractivity contribution in [3.63, 3.8) is 0 Å². The van der Waals surface area contributed by atoms with E-state index >= 15 is 0 Å². The molecule has 1 rings (SSSR count). The quantitative estimate of drug-likeness (QED) is 0.607. The molecule has 2 heteroatoms. The number of ether oxygens (including phenoxy) is 2. The van der Waals surface area contributed by atoms with Crippen LogP contribution >= 0.6 is 0 Å². The van der Waals surface area contributed by atoms with E-state index in [1.165, 1.54) is 0 Å². The third-order valence-corrected chi connectivity index (χ3v) is 1.51. The fourth-order valence-electron chi connectivity index (χ4n) is 0.909. The van der Waals surface area contributed by atoms with Gasteiger partial charge in [0, 0.05) is 0 Å². The van der Waals surface area contributed by atoms with Gasteiger partial charge < -0.3 is 9.47 Å². The van der Waals surface area contributed by atoms with Gasteiger partial charge in [-0.3, -0.25) is 0 Å². The molecule has 0 unspecified atom stereocenters. The Kier molecular flexibility index (Phi) is 3.02. The Balaban J connectivity index is 2.59. The molecule has 0 fully saturated rings. The van der Waals surface area contributed by atoms with Crippen LogP contribution in [0.2, 0.25) is 0 Å². The van der Waals surface area contributed by atoms with Gasteiger partial charge in [0.1, 0.15) is 19.0 Å². The van der Waals surface area contributed by atoms with Gasteiger partial charge in [0.2, 0.25) is 0 Å². The first-order valence-electron chi connectivity index (χ1n) is 3.97. The Bertz CT molecular complexity index is 180. The fraction of sp³-hybridized carbons (Fsp3) is 0.556. The molecule has 0 aromatic carbocycles. The molecule has 0 bridgehead atoms. The molecule has 0 saturated heterocycles. The van der Waals surface area contributed by atoms with E-state index in [1.54, 1.807) is 0 Å². The summed E-state index contributed by atoms with van der Waals surface area (Å²) in [4.78, 5) is 0. The minimum atomic E-state index is 0.667. The van der Waals surface area contributed by atoms with Crippen molar-refractivity contribution >= 4 is 0 Å². The lowest BCUT2D eigenvalue weighted by Crippen LogP contribution is -2.10. The number of allylic oxidation sites excluding steroid dienone is 3. The van der Waals surface area contributed by atoms with Crippen LogP contribution in [-0.4, -0.2) is 13.2 Å². The van der Waals surface area contributed by atoms with E-state index in [-0.39, 0.29) is 0 Å². The van der Waals surface area contributed by atoms with Crippen LogP contribution in [0.4, 0.5) is 0 Å². The van der Waals surface area contributed by atoms with Gasteiger partial charge in [-0.1, -0.05) is 13.0 Å². The first kappa shape index (κ1) is 8.18. The van der Waals surface area contributed by atoms with E-state index in [0.717, 1.165) is 17.9 Å². The van der Waals surface area contributed by atoms with Crippen LogP contribution in [0.25, 0.3) is 0 Å². The van der Waals surface area contributed by atoms with E-state index in [1.807, 2.05) is 13.0 Å². The monoisotopic (exact) mass is 154 g/mol. The van der Waals surface area contributed by atoms with Crippen molar-refractivity contribution in [3.05, 3.63) is 23.7 Å². The number of hydrogen-bond donors (Lipinski definition) is 0. The second-order valence-electron chi connectivity index (χ2n) is 2.43. The summed E-state index contributed by atoms with van der Waals surface area (Å²) in [5, 5.41) is 0. The molecule has 11 heavy (non-hydrogen) atoms. The average molecular weight is 154 g/mol. The van der Waals surface area contributed by atoms with Gasteiger partial charge in [-0.2, -0.15) is 0 Å². The standard InChI is InChI=1S/C9H14O2/c1-3-4-5-9-8(2)10-6-7-11-9/h4-5H,3,6-7H2,1-2H3/b5-4-. The van der Waals surface area contributed by atoms with E-state index in [2.05, 4.69) is 13.0 Å². The third kappa shape index (κ3) is 2.30. The molecule has 1 heterocycles. The summed E-state index contributed by atoms with van der Waals surface area (Å²) < 4.78 is 10.7. The van der Waals surface area contributed by atoms with Gasteiger partial charge in [0.15, 0.2) is 5.76 Å². The van der Waals surface area contributed by atoms with Crippen LogP contribution in [0.5, 0.6) is 0 Å². The van der Waals surface area contributed by atoms with Crippen LogP contribution in [0.3, 0.4) is 0 Å². The molecule has 62 valence electrons. The van der Waals surface area contributed by atoms with Crippen molar-refractivity contribution in [3.8, 4) is 0 Å². The Morgan fingerprint density at radius 1 is 1.36 bits per heavy atom. The predicted molar refractivity (Wildman–Crippen MR) is 44.0 cm³/mol. The molecule has 0 atom stereocenters. The van der Waals surface area contributed by atoms with Crippen molar-refractivity contribution in [2.24, 2.45) is 0 Å². The van der Waals surface area contributed by atoms with Crippen LogP contribution in [0, 0.1) is 0 Å². The normalized spacial score (nSPS) is 18.4. The highest BCUT2D eigenvalue weighted by Crippen LogP contribution is 2.13. The molecule has 0 N–H and O–H groups in total. The van der Waals surface area contributed by atoms with E-state index in [0.29, 0.717) is 13.2 Å². The fourth-order valence-corrected chi connectivity index (χ4v) is 0.909. The Hall–Kier alpha value is -0.920. The maximum Gasteiger partial charge on any atom is 0.156 e. The zero-order valence-electron chi connectivity index (χ0n) is 7.09. The molecular formula is C9H14O2. The van der Waals surface area contributed by atoms with Crippen LogP contribution in [0.15, 0.2) is 23.7 Å². The molecule has 0 spiro atoms. The zero-order chi connectivity index (χ0) is 8.10. The topological polar surface area (TPSA) is 18.5 Å². The second-order valence-corrected chi connectivity index (χ2v) is 2.43. The van der Waals surface area contributed by atoms with Crippen molar-refractivity contribution in [1.29, 1.82) is 0 Å². The lowest BCUT2D eigenvalue weighted by atomic mass is 10.3. The maximum atomic E-state index is 5.36. The van der Waals surface area contributed by atoms with Crippen molar-refractivity contribution < 1.29 is 9.47 Å². The Morgan fingerprint density at radius 2 is 2.09 bits per heavy atom. The largest absolute Gasteiger partial charge is 0.491 e. The number of hydrogen-bond acceptors (Lipinski definition) is 2. The minimum Gasteiger partial charge on any atom is -0.491 e. The minimum absolute atomic E-state index is 0.667. The molecule has 0 radical (unpaired) electrons. The van der Waals surface area contributed by atoms with Crippen LogP contribution in [0.1, 0.15) is 20.3 Å². The zero-order valence-corrected chi connectivity index (χ0v) is 7.09. The summed E-state index contributed by atoms with van der Waals surface area (Å²) in [6, 6.07) is 0.